The van der Waals surface area contributed by atoms with Crippen LogP contribution in [0, 0.1) is 0 Å². The molecule has 1 aliphatic carbocycles. The molecular weight excluding hydrogens is 358 g/mol. The number of methoxy groups -OCH3 is 1. The number of benzene rings is 1. The van der Waals surface area contributed by atoms with Gasteiger partial charge in [-0.1, -0.05) is 12.1 Å². The van der Waals surface area contributed by atoms with Crippen molar-refractivity contribution in [2.45, 2.75) is 36.6 Å². The van der Waals surface area contributed by atoms with Gasteiger partial charge in [0.2, 0.25) is 21.8 Å². The molecule has 1 saturated carbocycles. The predicted molar refractivity (Wildman–Crippen MR) is 96.0 cm³/mol. The molecule has 0 aromatic heterocycles. The van der Waals surface area contributed by atoms with Gasteiger partial charge in [0.05, 0.1) is 18.0 Å². The van der Waals surface area contributed by atoms with E-state index >= 15 is 0 Å². The van der Waals surface area contributed by atoms with E-state index in [1.54, 1.807) is 31.4 Å². The van der Waals surface area contributed by atoms with Crippen LogP contribution < -0.4 is 15.4 Å². The molecule has 8 nitrogen and oxygen atoms in total. The Kier molecular flexibility index (Phi) is 7.55. The molecule has 1 aliphatic rings. The first-order valence-electron chi connectivity index (χ1n) is 8.54. The molecule has 0 heterocycles. The van der Waals surface area contributed by atoms with Crippen molar-refractivity contribution in [1.82, 2.24) is 15.4 Å². The molecule has 26 heavy (non-hydrogen) atoms. The van der Waals surface area contributed by atoms with E-state index in [9.17, 15) is 18.0 Å². The number of nitrogens with one attached hydrogen (secondary N) is 3. The first-order chi connectivity index (χ1) is 12.4. The van der Waals surface area contributed by atoms with Crippen LogP contribution in [0.4, 0.5) is 0 Å². The van der Waals surface area contributed by atoms with Crippen LogP contribution in [0.3, 0.4) is 0 Å². The monoisotopic (exact) mass is 383 g/mol. The molecule has 0 aliphatic heterocycles. The maximum Gasteiger partial charge on any atom is 0.240 e. The number of hydrogen-bond donors (Lipinski definition) is 3. The molecule has 144 valence electrons. The van der Waals surface area contributed by atoms with Crippen LogP contribution in [0.2, 0.25) is 0 Å². The summed E-state index contributed by atoms with van der Waals surface area (Å²) < 4.78 is 31.6. The number of sulfonamides is 1. The van der Waals surface area contributed by atoms with Crippen LogP contribution in [0.15, 0.2) is 29.2 Å². The van der Waals surface area contributed by atoms with E-state index in [1.807, 2.05) is 0 Å². The number of ether oxygens (including phenoxy) is 1. The third-order valence-corrected chi connectivity index (χ3v) is 5.38. The van der Waals surface area contributed by atoms with Gasteiger partial charge in [0.1, 0.15) is 0 Å². The molecule has 0 unspecified atom stereocenters. The molecule has 3 N–H and O–H groups in total. The Balaban J connectivity index is 1.71. The van der Waals surface area contributed by atoms with E-state index in [-0.39, 0.29) is 35.7 Å². The van der Waals surface area contributed by atoms with Crippen molar-refractivity contribution >= 4 is 21.8 Å². The number of hydrogen-bond acceptors (Lipinski definition) is 5. The Bertz CT molecular complexity index is 714. The summed E-state index contributed by atoms with van der Waals surface area (Å²) in [7, 11) is -1.91. The predicted octanol–water partition coefficient (Wildman–Crippen LogP) is -0.0613. The maximum atomic E-state index is 12.1. The van der Waals surface area contributed by atoms with Crippen LogP contribution in [0.25, 0.3) is 0 Å². The van der Waals surface area contributed by atoms with Crippen molar-refractivity contribution in [3.05, 3.63) is 29.8 Å². The van der Waals surface area contributed by atoms with Gasteiger partial charge in [-0.15, -0.1) is 0 Å². The molecule has 1 aromatic carbocycles. The summed E-state index contributed by atoms with van der Waals surface area (Å²) in [5.41, 5.74) is 0.857. The van der Waals surface area contributed by atoms with Crippen molar-refractivity contribution in [2.24, 2.45) is 0 Å². The van der Waals surface area contributed by atoms with Crippen LogP contribution in [0.5, 0.6) is 0 Å². The van der Waals surface area contributed by atoms with E-state index in [0.29, 0.717) is 19.6 Å². The molecule has 1 aromatic rings. The first-order valence-corrected chi connectivity index (χ1v) is 10.0. The third-order valence-electron chi connectivity index (χ3n) is 3.85. The number of aryl methyl sites for hydroxylation is 1. The molecule has 0 saturated heterocycles. The SMILES string of the molecule is COCCNC(=O)CNC(=O)CCc1ccc(S(=O)(=O)NC2CC2)cc1. The summed E-state index contributed by atoms with van der Waals surface area (Å²) in [6.07, 6.45) is 2.46. The van der Waals surface area contributed by atoms with E-state index < -0.39 is 10.0 Å². The topological polar surface area (TPSA) is 114 Å². The summed E-state index contributed by atoms with van der Waals surface area (Å²) in [6.45, 7) is 0.740. The molecule has 2 rings (SSSR count). The van der Waals surface area contributed by atoms with E-state index in [1.165, 1.54) is 0 Å². The zero-order valence-electron chi connectivity index (χ0n) is 14.8. The lowest BCUT2D eigenvalue weighted by atomic mass is 10.1. The minimum Gasteiger partial charge on any atom is -0.383 e. The normalized spacial score (nSPS) is 14.0. The minimum absolute atomic E-state index is 0.0649. The van der Waals surface area contributed by atoms with Crippen LogP contribution in [-0.4, -0.2) is 53.1 Å². The van der Waals surface area contributed by atoms with Gasteiger partial charge in [-0.3, -0.25) is 9.59 Å². The number of carbonyl (C=O) groups excluding carboxylic acids is 2. The first kappa shape index (κ1) is 20.3. The Hall–Kier alpha value is -1.97. The smallest absolute Gasteiger partial charge is 0.240 e. The van der Waals surface area contributed by atoms with Gasteiger partial charge in [0.15, 0.2) is 0 Å². The van der Waals surface area contributed by atoms with Crippen LogP contribution >= 0.6 is 0 Å². The zero-order chi connectivity index (χ0) is 19.0. The molecule has 0 radical (unpaired) electrons. The largest absolute Gasteiger partial charge is 0.383 e. The van der Waals surface area contributed by atoms with Gasteiger partial charge in [0.25, 0.3) is 0 Å². The van der Waals surface area contributed by atoms with E-state index in [4.69, 9.17) is 4.74 Å². The number of carbonyl (C=O) groups is 2. The lowest BCUT2D eigenvalue weighted by Crippen LogP contribution is -2.38. The van der Waals surface area contributed by atoms with Gasteiger partial charge in [-0.2, -0.15) is 0 Å². The van der Waals surface area contributed by atoms with Crippen LogP contribution in [0.1, 0.15) is 24.8 Å². The average molecular weight is 383 g/mol. The summed E-state index contributed by atoms with van der Waals surface area (Å²) in [6, 6.07) is 6.55. The third kappa shape index (κ3) is 7.11. The fourth-order valence-electron chi connectivity index (χ4n) is 2.20. The van der Waals surface area contributed by atoms with Crippen molar-refractivity contribution in [3.63, 3.8) is 0 Å². The van der Waals surface area contributed by atoms with Crippen LogP contribution in [-0.2, 0) is 30.8 Å². The lowest BCUT2D eigenvalue weighted by Gasteiger charge is -2.08. The fourth-order valence-corrected chi connectivity index (χ4v) is 3.51. The van der Waals surface area contributed by atoms with Gasteiger partial charge in [0, 0.05) is 26.1 Å². The molecular formula is C17H25N3O5S. The van der Waals surface area contributed by atoms with Crippen molar-refractivity contribution in [2.75, 3.05) is 26.8 Å². The van der Waals surface area contributed by atoms with Gasteiger partial charge < -0.3 is 15.4 Å². The Labute approximate surface area is 153 Å². The highest BCUT2D eigenvalue weighted by atomic mass is 32.2. The summed E-state index contributed by atoms with van der Waals surface area (Å²) in [4.78, 5) is 23.5. The highest BCUT2D eigenvalue weighted by Crippen LogP contribution is 2.22. The highest BCUT2D eigenvalue weighted by Gasteiger charge is 2.27. The molecule has 9 heteroatoms. The Morgan fingerprint density at radius 2 is 1.81 bits per heavy atom. The maximum absolute atomic E-state index is 12.1. The van der Waals surface area contributed by atoms with Crippen molar-refractivity contribution in [3.8, 4) is 0 Å². The summed E-state index contributed by atoms with van der Waals surface area (Å²) >= 11 is 0. The van der Waals surface area contributed by atoms with E-state index in [0.717, 1.165) is 18.4 Å². The average Bonchev–Trinajstić information content (AvgIpc) is 3.42. The van der Waals surface area contributed by atoms with E-state index in [2.05, 4.69) is 15.4 Å². The Morgan fingerprint density at radius 3 is 2.42 bits per heavy atom. The summed E-state index contributed by atoms with van der Waals surface area (Å²) in [5, 5.41) is 5.16. The molecule has 1 fully saturated rings. The van der Waals surface area contributed by atoms with Crippen molar-refractivity contribution in [1.29, 1.82) is 0 Å². The second-order valence-corrected chi connectivity index (χ2v) is 7.87. The quantitative estimate of drug-likeness (QED) is 0.463. The second-order valence-electron chi connectivity index (χ2n) is 6.16. The summed E-state index contributed by atoms with van der Waals surface area (Å²) in [5.74, 6) is -0.507. The molecule has 0 spiro atoms. The zero-order valence-corrected chi connectivity index (χ0v) is 15.6. The molecule has 0 bridgehead atoms. The fraction of sp³-hybridized carbons (Fsp3) is 0.529. The second kappa shape index (κ2) is 9.65. The minimum atomic E-state index is -3.46. The number of amides is 2. The molecule has 2 amide bonds. The van der Waals surface area contributed by atoms with Gasteiger partial charge in [-0.05, 0) is 37.0 Å². The lowest BCUT2D eigenvalue weighted by molar-refractivity contribution is -0.126. The number of rotatable bonds is 11. The highest BCUT2D eigenvalue weighted by molar-refractivity contribution is 7.89. The standard InChI is InChI=1S/C17H25N3O5S/c1-25-11-10-18-17(22)12-19-16(21)9-4-13-2-7-15(8-3-13)26(23,24)20-14-5-6-14/h2-3,7-8,14,20H,4-6,9-12H2,1H3,(H,18,22)(H,19,21). The Morgan fingerprint density at radius 1 is 1.12 bits per heavy atom. The van der Waals surface area contributed by atoms with Gasteiger partial charge >= 0.3 is 0 Å². The molecule has 0 atom stereocenters. The van der Waals surface area contributed by atoms with Gasteiger partial charge in [-0.25, -0.2) is 13.1 Å². The van der Waals surface area contributed by atoms with Crippen molar-refractivity contribution < 1.29 is 22.7 Å².